The van der Waals surface area contributed by atoms with E-state index in [1.807, 2.05) is 18.2 Å². The standard InChI is InChI=1S/C21H28N4O4S/c26-30(27,25-10-14-29-15-11-25)19-6-7-21(22-16-19)23-20(18-4-2-1-3-5-18)17-24-8-12-28-13-9-24/h1-7,16,20H,8-15,17H2,(H,22,23). The summed E-state index contributed by atoms with van der Waals surface area (Å²) in [6.07, 6.45) is 1.43. The van der Waals surface area contributed by atoms with Crippen molar-refractivity contribution in [1.82, 2.24) is 14.2 Å². The van der Waals surface area contributed by atoms with Gasteiger partial charge in [0.1, 0.15) is 10.7 Å². The summed E-state index contributed by atoms with van der Waals surface area (Å²) in [7, 11) is -3.54. The first-order valence-electron chi connectivity index (χ1n) is 10.3. The van der Waals surface area contributed by atoms with E-state index in [-0.39, 0.29) is 10.9 Å². The number of benzene rings is 1. The van der Waals surface area contributed by atoms with Gasteiger partial charge in [0.2, 0.25) is 10.0 Å². The molecule has 0 bridgehead atoms. The molecule has 2 saturated heterocycles. The molecule has 0 amide bonds. The van der Waals surface area contributed by atoms with Crippen molar-refractivity contribution in [3.05, 3.63) is 54.2 Å². The second kappa shape index (κ2) is 9.84. The average Bonchev–Trinajstić information content (AvgIpc) is 2.81. The van der Waals surface area contributed by atoms with Gasteiger partial charge in [-0.1, -0.05) is 30.3 Å². The maximum absolute atomic E-state index is 12.8. The summed E-state index contributed by atoms with van der Waals surface area (Å²) >= 11 is 0. The lowest BCUT2D eigenvalue weighted by Crippen LogP contribution is -2.40. The molecule has 1 unspecified atom stereocenters. The third-order valence-electron chi connectivity index (χ3n) is 5.41. The molecule has 1 N–H and O–H groups in total. The van der Waals surface area contributed by atoms with E-state index >= 15 is 0 Å². The minimum atomic E-state index is -3.54. The van der Waals surface area contributed by atoms with Crippen LogP contribution in [0.1, 0.15) is 11.6 Å². The summed E-state index contributed by atoms with van der Waals surface area (Å²) in [5, 5.41) is 3.48. The van der Waals surface area contributed by atoms with Crippen LogP contribution in [-0.2, 0) is 19.5 Å². The van der Waals surface area contributed by atoms with Crippen LogP contribution in [0, 0.1) is 0 Å². The number of nitrogens with zero attached hydrogens (tertiary/aromatic N) is 3. The number of morpholine rings is 2. The third kappa shape index (κ3) is 5.16. The highest BCUT2D eigenvalue weighted by molar-refractivity contribution is 7.89. The lowest BCUT2D eigenvalue weighted by atomic mass is 10.1. The van der Waals surface area contributed by atoms with Gasteiger partial charge < -0.3 is 14.8 Å². The molecule has 30 heavy (non-hydrogen) atoms. The van der Waals surface area contributed by atoms with E-state index in [1.165, 1.54) is 10.5 Å². The van der Waals surface area contributed by atoms with Crippen LogP contribution in [0.25, 0.3) is 0 Å². The molecule has 2 fully saturated rings. The van der Waals surface area contributed by atoms with Gasteiger partial charge in [-0.25, -0.2) is 13.4 Å². The minimum absolute atomic E-state index is 0.0403. The normalized spacial score (nSPS) is 20.0. The molecule has 9 heteroatoms. The molecule has 0 radical (unpaired) electrons. The second-order valence-electron chi connectivity index (χ2n) is 7.42. The van der Waals surface area contributed by atoms with Crippen molar-refractivity contribution in [3.63, 3.8) is 0 Å². The smallest absolute Gasteiger partial charge is 0.244 e. The van der Waals surface area contributed by atoms with Crippen molar-refractivity contribution in [2.45, 2.75) is 10.9 Å². The molecule has 2 aliphatic rings. The van der Waals surface area contributed by atoms with Crippen LogP contribution in [0.5, 0.6) is 0 Å². The number of nitrogens with one attached hydrogen (secondary N) is 1. The Kier molecular flexibility index (Phi) is 6.96. The summed E-state index contributed by atoms with van der Waals surface area (Å²) < 4.78 is 37.8. The molecule has 2 aromatic rings. The van der Waals surface area contributed by atoms with E-state index in [0.717, 1.165) is 38.4 Å². The number of hydrogen-bond acceptors (Lipinski definition) is 7. The monoisotopic (exact) mass is 432 g/mol. The van der Waals surface area contributed by atoms with Gasteiger partial charge in [-0.3, -0.25) is 4.90 Å². The Labute approximate surface area is 177 Å². The van der Waals surface area contributed by atoms with Crippen molar-refractivity contribution >= 4 is 15.8 Å². The molecule has 1 aromatic heterocycles. The Morgan fingerprint density at radius 1 is 0.933 bits per heavy atom. The van der Waals surface area contributed by atoms with Gasteiger partial charge in [-0.2, -0.15) is 4.31 Å². The van der Waals surface area contributed by atoms with Crippen molar-refractivity contribution in [1.29, 1.82) is 0 Å². The number of rotatable bonds is 7. The average molecular weight is 433 g/mol. The van der Waals surface area contributed by atoms with Gasteiger partial charge in [-0.05, 0) is 17.7 Å². The zero-order chi connectivity index (χ0) is 20.8. The molecule has 162 valence electrons. The molecule has 8 nitrogen and oxygen atoms in total. The predicted octanol–water partition coefficient (Wildman–Crippen LogP) is 1.59. The number of ether oxygens (including phenoxy) is 2. The van der Waals surface area contributed by atoms with E-state index in [4.69, 9.17) is 9.47 Å². The fourth-order valence-corrected chi connectivity index (χ4v) is 5.05. The number of pyridine rings is 1. The number of sulfonamides is 1. The molecular formula is C21H28N4O4S. The zero-order valence-electron chi connectivity index (χ0n) is 16.9. The van der Waals surface area contributed by atoms with Gasteiger partial charge in [0.25, 0.3) is 0 Å². The predicted molar refractivity (Wildman–Crippen MR) is 114 cm³/mol. The maximum atomic E-state index is 12.8. The van der Waals surface area contributed by atoms with Crippen LogP contribution in [0.3, 0.4) is 0 Å². The summed E-state index contributed by atoms with van der Waals surface area (Å²) in [6.45, 7) is 5.70. The molecular weight excluding hydrogens is 404 g/mol. The van der Waals surface area contributed by atoms with Crippen molar-refractivity contribution in [2.75, 3.05) is 64.5 Å². The third-order valence-corrected chi connectivity index (χ3v) is 7.29. The van der Waals surface area contributed by atoms with Crippen molar-refractivity contribution in [2.24, 2.45) is 0 Å². The second-order valence-corrected chi connectivity index (χ2v) is 9.35. The SMILES string of the molecule is O=S(=O)(c1ccc(NC(CN2CCOCC2)c2ccccc2)nc1)N1CCOCC1. The van der Waals surface area contributed by atoms with E-state index in [0.29, 0.717) is 32.1 Å². The summed E-state index contributed by atoms with van der Waals surface area (Å²) in [5.41, 5.74) is 1.16. The van der Waals surface area contributed by atoms with Crippen LogP contribution in [-0.4, -0.2) is 81.8 Å². The minimum Gasteiger partial charge on any atom is -0.379 e. The molecule has 1 aromatic carbocycles. The van der Waals surface area contributed by atoms with Crippen LogP contribution in [0.4, 0.5) is 5.82 Å². The highest BCUT2D eigenvalue weighted by Gasteiger charge is 2.27. The Morgan fingerprint density at radius 2 is 1.60 bits per heavy atom. The summed E-state index contributed by atoms with van der Waals surface area (Å²) in [6, 6.07) is 13.6. The van der Waals surface area contributed by atoms with Crippen LogP contribution in [0.15, 0.2) is 53.6 Å². The Morgan fingerprint density at radius 3 is 2.23 bits per heavy atom. The first kappa shape index (κ1) is 21.2. The largest absolute Gasteiger partial charge is 0.379 e. The fraction of sp³-hybridized carbons (Fsp3) is 0.476. The molecule has 0 saturated carbocycles. The first-order valence-corrected chi connectivity index (χ1v) is 11.7. The Bertz CT molecular complexity index is 896. The maximum Gasteiger partial charge on any atom is 0.244 e. The van der Waals surface area contributed by atoms with Crippen molar-refractivity contribution in [3.8, 4) is 0 Å². The van der Waals surface area contributed by atoms with Gasteiger partial charge >= 0.3 is 0 Å². The van der Waals surface area contributed by atoms with Crippen LogP contribution < -0.4 is 5.32 Å². The van der Waals surface area contributed by atoms with Gasteiger partial charge in [0.15, 0.2) is 0 Å². The van der Waals surface area contributed by atoms with Crippen LogP contribution in [0.2, 0.25) is 0 Å². The van der Waals surface area contributed by atoms with Crippen LogP contribution >= 0.6 is 0 Å². The van der Waals surface area contributed by atoms with Gasteiger partial charge in [0.05, 0.1) is 32.5 Å². The van der Waals surface area contributed by atoms with E-state index in [1.54, 1.807) is 12.1 Å². The highest BCUT2D eigenvalue weighted by Crippen LogP contribution is 2.22. The number of aromatic nitrogens is 1. The zero-order valence-corrected chi connectivity index (χ0v) is 17.8. The van der Waals surface area contributed by atoms with Gasteiger partial charge in [-0.15, -0.1) is 0 Å². The fourth-order valence-electron chi connectivity index (χ4n) is 3.69. The lowest BCUT2D eigenvalue weighted by Gasteiger charge is -2.31. The molecule has 3 heterocycles. The van der Waals surface area contributed by atoms with Gasteiger partial charge in [0, 0.05) is 38.9 Å². The Balaban J connectivity index is 1.48. The van der Waals surface area contributed by atoms with E-state index in [9.17, 15) is 8.42 Å². The topological polar surface area (TPSA) is 84.0 Å². The molecule has 2 aliphatic heterocycles. The lowest BCUT2D eigenvalue weighted by molar-refractivity contribution is 0.0360. The molecule has 4 rings (SSSR count). The van der Waals surface area contributed by atoms with E-state index < -0.39 is 10.0 Å². The molecule has 0 spiro atoms. The van der Waals surface area contributed by atoms with E-state index in [2.05, 4.69) is 27.3 Å². The number of anilines is 1. The molecule has 1 atom stereocenters. The number of hydrogen-bond donors (Lipinski definition) is 1. The summed E-state index contributed by atoms with van der Waals surface area (Å²) in [5.74, 6) is 0.651. The first-order chi connectivity index (χ1) is 14.6. The quantitative estimate of drug-likeness (QED) is 0.711. The Hall–Kier alpha value is -2.04. The van der Waals surface area contributed by atoms with Crippen molar-refractivity contribution < 1.29 is 17.9 Å². The summed E-state index contributed by atoms with van der Waals surface area (Å²) in [4.78, 5) is 6.98. The molecule has 0 aliphatic carbocycles. The highest BCUT2D eigenvalue weighted by atomic mass is 32.2.